The topological polar surface area (TPSA) is 91.7 Å². The van der Waals surface area contributed by atoms with E-state index in [1.54, 1.807) is 6.08 Å². The summed E-state index contributed by atoms with van der Waals surface area (Å²) in [5, 5.41) is 13.9. The zero-order chi connectivity index (χ0) is 14.7. The first kappa shape index (κ1) is 13.3. The van der Waals surface area contributed by atoms with Gasteiger partial charge in [-0.1, -0.05) is 18.2 Å². The van der Waals surface area contributed by atoms with E-state index < -0.39 is 0 Å². The molecular weight excluding hydrogens is 288 g/mol. The molecule has 0 saturated heterocycles. The summed E-state index contributed by atoms with van der Waals surface area (Å²) < 4.78 is 4.77. The highest BCUT2D eigenvalue weighted by atomic mass is 32.1. The second-order valence-corrected chi connectivity index (χ2v) is 4.60. The van der Waals surface area contributed by atoms with Crippen molar-refractivity contribution >= 4 is 34.2 Å². The number of nitrogens with one attached hydrogen (secondary N) is 3. The smallest absolute Gasteiger partial charge is 0.208 e. The molecule has 0 radical (unpaired) electrons. The second-order valence-electron chi connectivity index (χ2n) is 4.19. The monoisotopic (exact) mass is 300 g/mol. The van der Waals surface area contributed by atoms with Crippen LogP contribution in [0.15, 0.2) is 41.5 Å². The number of para-hydroxylation sites is 2. The third-order valence-corrected chi connectivity index (χ3v) is 2.99. The molecule has 0 aliphatic carbocycles. The zero-order valence-electron chi connectivity index (χ0n) is 11.0. The van der Waals surface area contributed by atoms with Gasteiger partial charge in [0.1, 0.15) is 0 Å². The Kier molecular flexibility index (Phi) is 3.61. The number of nitrogens with zero attached hydrogens (tertiary/aromatic N) is 3. The van der Waals surface area contributed by atoms with Gasteiger partial charge in [-0.3, -0.25) is 0 Å². The second kappa shape index (κ2) is 5.71. The van der Waals surface area contributed by atoms with E-state index in [2.05, 4.69) is 37.5 Å². The van der Waals surface area contributed by atoms with Crippen molar-refractivity contribution in [2.75, 3.05) is 11.9 Å². The Morgan fingerprint density at radius 2 is 2.24 bits per heavy atom. The highest BCUT2D eigenvalue weighted by Crippen LogP contribution is 2.24. The summed E-state index contributed by atoms with van der Waals surface area (Å²) in [6.45, 7) is 4.16. The summed E-state index contributed by atoms with van der Waals surface area (Å²) in [6.07, 6.45) is 1.70. The number of aromatic amines is 1. The molecule has 0 spiro atoms. The van der Waals surface area contributed by atoms with E-state index in [4.69, 9.17) is 16.8 Å². The number of fused-ring (bicyclic) bond motifs is 1. The zero-order valence-corrected chi connectivity index (χ0v) is 11.8. The first-order valence-electron chi connectivity index (χ1n) is 6.21. The van der Waals surface area contributed by atoms with Crippen molar-refractivity contribution in [1.29, 1.82) is 0 Å². The van der Waals surface area contributed by atoms with Crippen LogP contribution in [0.1, 0.15) is 0 Å². The molecule has 1 aromatic carbocycles. The average Bonchev–Trinajstić information content (AvgIpc) is 3.10. The molecule has 3 aromatic rings. The largest absolute Gasteiger partial charge is 0.359 e. The van der Waals surface area contributed by atoms with Gasteiger partial charge >= 0.3 is 0 Å². The maximum Gasteiger partial charge on any atom is 0.208 e. The van der Waals surface area contributed by atoms with Crippen molar-refractivity contribution in [2.24, 2.45) is 0 Å². The van der Waals surface area contributed by atoms with Crippen LogP contribution < -0.4 is 10.6 Å². The van der Waals surface area contributed by atoms with Crippen molar-refractivity contribution in [2.45, 2.75) is 0 Å². The summed E-state index contributed by atoms with van der Waals surface area (Å²) >= 11 is 5.13. The Labute approximate surface area is 125 Å². The van der Waals surface area contributed by atoms with Gasteiger partial charge in [0.2, 0.25) is 5.82 Å². The lowest BCUT2D eigenvalue weighted by molar-refractivity contribution is 0.310. The van der Waals surface area contributed by atoms with Gasteiger partial charge in [0, 0.05) is 6.54 Å². The molecule has 8 heteroatoms. The molecule has 2 aromatic heterocycles. The lowest BCUT2D eigenvalue weighted by Crippen LogP contribution is -2.28. The fourth-order valence-corrected chi connectivity index (χ4v) is 1.99. The molecule has 0 aliphatic rings. The maximum absolute atomic E-state index is 5.13. The number of hydrogen-bond acceptors (Lipinski definition) is 5. The molecule has 0 saturated carbocycles. The first-order valence-corrected chi connectivity index (χ1v) is 6.62. The summed E-state index contributed by atoms with van der Waals surface area (Å²) in [5.74, 6) is 0.960. The Hall–Kier alpha value is -2.74. The number of rotatable bonds is 4. The highest BCUT2D eigenvalue weighted by molar-refractivity contribution is 7.80. The predicted molar refractivity (Wildman–Crippen MR) is 83.8 cm³/mol. The van der Waals surface area contributed by atoms with Crippen LogP contribution in [0.4, 0.5) is 5.82 Å². The van der Waals surface area contributed by atoms with E-state index in [9.17, 15) is 0 Å². The average molecular weight is 300 g/mol. The van der Waals surface area contributed by atoms with Gasteiger partial charge in [-0.2, -0.15) is 0 Å². The van der Waals surface area contributed by atoms with Gasteiger partial charge in [-0.05, 0) is 34.7 Å². The fourth-order valence-electron chi connectivity index (χ4n) is 1.81. The summed E-state index contributed by atoms with van der Waals surface area (Å²) in [4.78, 5) is 7.61. The minimum atomic E-state index is 0.399. The van der Waals surface area contributed by atoms with Gasteiger partial charge in [-0.15, -0.1) is 6.58 Å². The van der Waals surface area contributed by atoms with E-state index in [1.807, 2.05) is 24.3 Å². The lowest BCUT2D eigenvalue weighted by Gasteiger charge is -2.05. The summed E-state index contributed by atoms with van der Waals surface area (Å²) in [5.41, 5.74) is 2.22. The molecule has 3 N–H and O–H groups in total. The number of aromatic nitrogens is 4. The van der Waals surface area contributed by atoms with Crippen molar-refractivity contribution in [3.8, 4) is 11.5 Å². The number of anilines is 1. The van der Waals surface area contributed by atoms with E-state index >= 15 is 0 Å². The van der Waals surface area contributed by atoms with Crippen molar-refractivity contribution in [1.82, 2.24) is 25.6 Å². The third kappa shape index (κ3) is 2.75. The Bertz CT molecular complexity index is 760. The fraction of sp³-hybridized carbons (Fsp3) is 0.0769. The molecule has 0 amide bonds. The molecule has 0 fully saturated rings. The van der Waals surface area contributed by atoms with Crippen molar-refractivity contribution in [3.63, 3.8) is 0 Å². The molecule has 21 heavy (non-hydrogen) atoms. The quantitative estimate of drug-likeness (QED) is 0.502. The van der Waals surface area contributed by atoms with Crippen LogP contribution in [0.2, 0.25) is 0 Å². The van der Waals surface area contributed by atoms with Gasteiger partial charge in [-0.25, -0.2) is 9.61 Å². The SMILES string of the molecule is C=CCNC(=S)Nc1nonc1-c1nc2ccccc2[nH]1. The van der Waals surface area contributed by atoms with Gasteiger partial charge < -0.3 is 15.6 Å². The van der Waals surface area contributed by atoms with Crippen molar-refractivity contribution in [3.05, 3.63) is 36.9 Å². The highest BCUT2D eigenvalue weighted by Gasteiger charge is 2.16. The Balaban J connectivity index is 1.87. The maximum atomic E-state index is 5.13. The van der Waals surface area contributed by atoms with Crippen LogP contribution in [-0.2, 0) is 0 Å². The Morgan fingerprint density at radius 1 is 1.38 bits per heavy atom. The molecule has 106 valence electrons. The Morgan fingerprint density at radius 3 is 3.05 bits per heavy atom. The predicted octanol–water partition coefficient (Wildman–Crippen LogP) is 2.09. The summed E-state index contributed by atoms with van der Waals surface area (Å²) in [6, 6.07) is 7.69. The molecule has 3 rings (SSSR count). The molecular formula is C13H12N6OS. The van der Waals surface area contributed by atoms with E-state index in [0.717, 1.165) is 11.0 Å². The number of benzene rings is 1. The number of thiocarbonyl (C=S) groups is 1. The van der Waals surface area contributed by atoms with Crippen molar-refractivity contribution < 1.29 is 4.63 Å². The van der Waals surface area contributed by atoms with Gasteiger partial charge in [0.25, 0.3) is 0 Å². The van der Waals surface area contributed by atoms with Crippen LogP contribution in [0.3, 0.4) is 0 Å². The van der Waals surface area contributed by atoms with Crippen LogP contribution >= 0.6 is 12.2 Å². The van der Waals surface area contributed by atoms with Crippen LogP contribution in [0, 0.1) is 0 Å². The molecule has 7 nitrogen and oxygen atoms in total. The van der Waals surface area contributed by atoms with E-state index in [0.29, 0.717) is 29.0 Å². The van der Waals surface area contributed by atoms with Crippen LogP contribution in [0.5, 0.6) is 0 Å². The third-order valence-electron chi connectivity index (χ3n) is 2.74. The molecule has 0 bridgehead atoms. The number of imidazole rings is 1. The van der Waals surface area contributed by atoms with Crippen LogP contribution in [-0.4, -0.2) is 31.9 Å². The van der Waals surface area contributed by atoms with E-state index in [1.165, 1.54) is 0 Å². The first-order chi connectivity index (χ1) is 10.3. The normalized spacial score (nSPS) is 10.5. The van der Waals surface area contributed by atoms with E-state index in [-0.39, 0.29) is 0 Å². The molecule has 2 heterocycles. The summed E-state index contributed by atoms with van der Waals surface area (Å²) in [7, 11) is 0. The molecule has 0 aliphatic heterocycles. The number of H-pyrrole nitrogens is 1. The van der Waals surface area contributed by atoms with Crippen LogP contribution in [0.25, 0.3) is 22.6 Å². The molecule has 0 unspecified atom stereocenters. The minimum absolute atomic E-state index is 0.399. The van der Waals surface area contributed by atoms with Gasteiger partial charge in [0.15, 0.2) is 16.6 Å². The standard InChI is InChI=1S/C13H12N6OS/c1-2-7-14-13(21)17-12-10(18-20-19-12)11-15-8-5-3-4-6-9(8)16-11/h2-6H,1,7H2,(H,15,16)(H2,14,17,19,21). The number of hydrogen-bond donors (Lipinski definition) is 3. The lowest BCUT2D eigenvalue weighted by atomic mass is 10.3. The molecule has 0 atom stereocenters. The minimum Gasteiger partial charge on any atom is -0.359 e. The van der Waals surface area contributed by atoms with Gasteiger partial charge in [0.05, 0.1) is 11.0 Å².